The molecule has 0 saturated carbocycles. The number of benzene rings is 1. The first-order valence-electron chi connectivity index (χ1n) is 7.34. The van der Waals surface area contributed by atoms with E-state index in [-0.39, 0.29) is 11.8 Å². The summed E-state index contributed by atoms with van der Waals surface area (Å²) in [5, 5.41) is 4.99. The van der Waals surface area contributed by atoms with E-state index in [1.165, 1.54) is 11.8 Å². The zero-order valence-electron chi connectivity index (χ0n) is 12.4. The van der Waals surface area contributed by atoms with E-state index in [1.54, 1.807) is 16.2 Å². The standard InChI is InChI=1S/C17H18N2O2S/c1-12(20)19-15-7-3-2-5-13(15)11-16(19)17(21)18-9-8-14-6-4-10-22-14/h2-7,10,16H,8-9,11H2,1H3,(H,18,21)/t16-/m1/s1. The highest BCUT2D eigenvalue weighted by Crippen LogP contribution is 2.32. The van der Waals surface area contributed by atoms with E-state index in [1.807, 2.05) is 35.7 Å². The van der Waals surface area contributed by atoms with Crippen molar-refractivity contribution in [2.45, 2.75) is 25.8 Å². The predicted molar refractivity (Wildman–Crippen MR) is 88.1 cm³/mol. The second-order valence-electron chi connectivity index (χ2n) is 5.36. The van der Waals surface area contributed by atoms with Crippen molar-refractivity contribution in [2.24, 2.45) is 0 Å². The first-order chi connectivity index (χ1) is 10.7. The molecule has 114 valence electrons. The van der Waals surface area contributed by atoms with Crippen molar-refractivity contribution in [1.29, 1.82) is 0 Å². The maximum Gasteiger partial charge on any atom is 0.243 e. The highest BCUT2D eigenvalue weighted by Gasteiger charge is 2.36. The van der Waals surface area contributed by atoms with Crippen LogP contribution < -0.4 is 10.2 Å². The van der Waals surface area contributed by atoms with Crippen LogP contribution in [0.2, 0.25) is 0 Å². The number of fused-ring (bicyclic) bond motifs is 1. The van der Waals surface area contributed by atoms with E-state index in [0.29, 0.717) is 13.0 Å². The first kappa shape index (κ1) is 14.8. The number of rotatable bonds is 4. The van der Waals surface area contributed by atoms with Gasteiger partial charge in [-0.2, -0.15) is 0 Å². The van der Waals surface area contributed by atoms with Crippen LogP contribution in [-0.2, 0) is 22.4 Å². The van der Waals surface area contributed by atoms with Gasteiger partial charge in [0.1, 0.15) is 6.04 Å². The quantitative estimate of drug-likeness (QED) is 0.942. The Hall–Kier alpha value is -2.14. The molecule has 2 heterocycles. The number of thiophene rings is 1. The molecule has 0 aliphatic carbocycles. The molecular weight excluding hydrogens is 296 g/mol. The fraction of sp³-hybridized carbons (Fsp3) is 0.294. The van der Waals surface area contributed by atoms with E-state index in [0.717, 1.165) is 17.7 Å². The van der Waals surface area contributed by atoms with Gasteiger partial charge < -0.3 is 5.32 Å². The number of hydrogen-bond acceptors (Lipinski definition) is 3. The van der Waals surface area contributed by atoms with Crippen LogP contribution >= 0.6 is 11.3 Å². The van der Waals surface area contributed by atoms with Gasteiger partial charge in [-0.1, -0.05) is 24.3 Å². The number of nitrogens with zero attached hydrogens (tertiary/aromatic N) is 1. The van der Waals surface area contributed by atoms with Crippen LogP contribution in [-0.4, -0.2) is 24.4 Å². The minimum absolute atomic E-state index is 0.0806. The number of anilines is 1. The molecule has 2 aromatic rings. The third-order valence-electron chi connectivity index (χ3n) is 3.87. The normalized spacial score (nSPS) is 16.4. The Morgan fingerprint density at radius 2 is 2.09 bits per heavy atom. The summed E-state index contributed by atoms with van der Waals surface area (Å²) < 4.78 is 0. The summed E-state index contributed by atoms with van der Waals surface area (Å²) in [7, 11) is 0. The molecule has 0 fully saturated rings. The number of amides is 2. The van der Waals surface area contributed by atoms with Crippen LogP contribution in [0.25, 0.3) is 0 Å². The summed E-state index contributed by atoms with van der Waals surface area (Å²) in [6.45, 7) is 2.10. The molecule has 0 unspecified atom stereocenters. The summed E-state index contributed by atoms with van der Waals surface area (Å²) in [5.41, 5.74) is 1.91. The summed E-state index contributed by atoms with van der Waals surface area (Å²) in [6, 6.07) is 11.3. The molecule has 5 heteroatoms. The summed E-state index contributed by atoms with van der Waals surface area (Å²) in [6.07, 6.45) is 1.41. The Bertz CT molecular complexity index is 682. The SMILES string of the molecule is CC(=O)N1c2ccccc2C[C@@H]1C(=O)NCCc1cccs1. The van der Waals surface area contributed by atoms with Gasteiger partial charge in [0.05, 0.1) is 0 Å². The molecule has 3 rings (SSSR count). The molecule has 1 atom stereocenters. The van der Waals surface area contributed by atoms with Gasteiger partial charge in [0.15, 0.2) is 0 Å². The number of para-hydroxylation sites is 1. The van der Waals surface area contributed by atoms with Crippen LogP contribution in [0.1, 0.15) is 17.4 Å². The van der Waals surface area contributed by atoms with Crippen LogP contribution in [0.4, 0.5) is 5.69 Å². The third kappa shape index (κ3) is 2.90. The van der Waals surface area contributed by atoms with Gasteiger partial charge in [-0.3, -0.25) is 14.5 Å². The Kier molecular flexibility index (Phi) is 4.24. The van der Waals surface area contributed by atoms with Crippen molar-refractivity contribution >= 4 is 28.8 Å². The van der Waals surface area contributed by atoms with Gasteiger partial charge >= 0.3 is 0 Å². The Morgan fingerprint density at radius 3 is 2.82 bits per heavy atom. The zero-order chi connectivity index (χ0) is 15.5. The Balaban J connectivity index is 1.66. The van der Waals surface area contributed by atoms with Gasteiger partial charge in [-0.15, -0.1) is 11.3 Å². The molecular formula is C17H18N2O2S. The van der Waals surface area contributed by atoms with Crippen molar-refractivity contribution < 1.29 is 9.59 Å². The predicted octanol–water partition coefficient (Wildman–Crippen LogP) is 2.38. The van der Waals surface area contributed by atoms with Crippen molar-refractivity contribution in [1.82, 2.24) is 5.32 Å². The topological polar surface area (TPSA) is 49.4 Å². The lowest BCUT2D eigenvalue weighted by atomic mass is 10.1. The lowest BCUT2D eigenvalue weighted by Gasteiger charge is -2.23. The van der Waals surface area contributed by atoms with Gasteiger partial charge in [0.25, 0.3) is 0 Å². The lowest BCUT2D eigenvalue weighted by molar-refractivity contribution is -0.125. The van der Waals surface area contributed by atoms with Crippen LogP contribution in [0.3, 0.4) is 0 Å². The highest BCUT2D eigenvalue weighted by molar-refractivity contribution is 7.09. The molecule has 0 radical (unpaired) electrons. The summed E-state index contributed by atoms with van der Waals surface area (Å²) in [4.78, 5) is 27.2. The van der Waals surface area contributed by atoms with Gasteiger partial charge in [-0.25, -0.2) is 0 Å². The summed E-state index contributed by atoms with van der Waals surface area (Å²) >= 11 is 1.69. The van der Waals surface area contributed by atoms with E-state index in [9.17, 15) is 9.59 Å². The van der Waals surface area contributed by atoms with E-state index >= 15 is 0 Å². The molecule has 1 aliphatic heterocycles. The molecule has 1 aliphatic rings. The fourth-order valence-corrected chi connectivity index (χ4v) is 3.58. The average molecular weight is 314 g/mol. The van der Waals surface area contributed by atoms with Crippen molar-refractivity contribution in [3.63, 3.8) is 0 Å². The van der Waals surface area contributed by atoms with Crippen molar-refractivity contribution in [3.8, 4) is 0 Å². The van der Waals surface area contributed by atoms with Crippen molar-refractivity contribution in [2.75, 3.05) is 11.4 Å². The third-order valence-corrected chi connectivity index (χ3v) is 4.80. The van der Waals surface area contributed by atoms with Crippen molar-refractivity contribution in [3.05, 3.63) is 52.2 Å². The average Bonchev–Trinajstić information content (AvgIpc) is 3.13. The molecule has 4 nitrogen and oxygen atoms in total. The molecule has 2 amide bonds. The van der Waals surface area contributed by atoms with Crippen LogP contribution in [0.15, 0.2) is 41.8 Å². The number of carbonyl (C=O) groups excluding carboxylic acids is 2. The molecule has 0 spiro atoms. The molecule has 1 N–H and O–H groups in total. The Morgan fingerprint density at radius 1 is 1.27 bits per heavy atom. The van der Waals surface area contributed by atoms with E-state index in [2.05, 4.69) is 11.4 Å². The molecule has 22 heavy (non-hydrogen) atoms. The minimum atomic E-state index is -0.432. The molecule has 0 bridgehead atoms. The van der Waals surface area contributed by atoms with Gasteiger partial charge in [-0.05, 0) is 29.5 Å². The lowest BCUT2D eigenvalue weighted by Crippen LogP contribution is -2.47. The molecule has 1 aromatic carbocycles. The van der Waals surface area contributed by atoms with Crippen LogP contribution in [0, 0.1) is 0 Å². The number of carbonyl (C=O) groups is 2. The molecule has 0 saturated heterocycles. The number of nitrogens with one attached hydrogen (secondary N) is 1. The highest BCUT2D eigenvalue weighted by atomic mass is 32.1. The summed E-state index contributed by atoms with van der Waals surface area (Å²) in [5.74, 6) is -0.175. The maximum absolute atomic E-state index is 12.5. The van der Waals surface area contributed by atoms with E-state index in [4.69, 9.17) is 0 Å². The van der Waals surface area contributed by atoms with Gasteiger partial charge in [0.2, 0.25) is 11.8 Å². The second-order valence-corrected chi connectivity index (χ2v) is 6.39. The molecule has 1 aromatic heterocycles. The smallest absolute Gasteiger partial charge is 0.243 e. The zero-order valence-corrected chi connectivity index (χ0v) is 13.2. The largest absolute Gasteiger partial charge is 0.354 e. The van der Waals surface area contributed by atoms with Gasteiger partial charge in [0, 0.05) is 30.5 Å². The second kappa shape index (κ2) is 6.32. The number of hydrogen-bond donors (Lipinski definition) is 1. The fourth-order valence-electron chi connectivity index (χ4n) is 2.87. The monoisotopic (exact) mass is 314 g/mol. The van der Waals surface area contributed by atoms with E-state index < -0.39 is 6.04 Å². The minimum Gasteiger partial charge on any atom is -0.354 e. The first-order valence-corrected chi connectivity index (χ1v) is 8.22. The maximum atomic E-state index is 12.5. The Labute approximate surface area is 133 Å². The van der Waals surface area contributed by atoms with Crippen LogP contribution in [0.5, 0.6) is 0 Å².